The number of aryl methyl sites for hydroxylation is 1. The van der Waals surface area contributed by atoms with Gasteiger partial charge in [0.25, 0.3) is 0 Å². The Kier molecular flexibility index (Phi) is 4.73. The van der Waals surface area contributed by atoms with Gasteiger partial charge in [0.05, 0.1) is 24.6 Å². The van der Waals surface area contributed by atoms with Gasteiger partial charge in [-0.05, 0) is 32.4 Å². The van der Waals surface area contributed by atoms with Gasteiger partial charge in [0, 0.05) is 30.4 Å². The first-order valence-corrected chi connectivity index (χ1v) is 8.77. The van der Waals surface area contributed by atoms with E-state index in [1.165, 1.54) is 6.92 Å². The first kappa shape index (κ1) is 18.0. The average molecular weight is 353 g/mol. The maximum Gasteiger partial charge on any atom is 0.328 e. The fourth-order valence-corrected chi connectivity index (χ4v) is 4.08. The van der Waals surface area contributed by atoms with Crippen molar-refractivity contribution in [2.24, 2.45) is 11.8 Å². The number of ether oxygens (including phenoxy) is 1. The molecule has 0 amide bonds. The first-order chi connectivity index (χ1) is 12.4. The number of benzene rings is 1. The van der Waals surface area contributed by atoms with Crippen LogP contribution in [0.15, 0.2) is 30.0 Å². The van der Waals surface area contributed by atoms with Gasteiger partial charge in [-0.3, -0.25) is 4.79 Å². The summed E-state index contributed by atoms with van der Waals surface area (Å²) in [6.45, 7) is 5.48. The van der Waals surface area contributed by atoms with Gasteiger partial charge in [-0.2, -0.15) is 5.26 Å². The van der Waals surface area contributed by atoms with Gasteiger partial charge < -0.3 is 15.0 Å². The minimum Gasteiger partial charge on any atom is -0.464 e. The third-order valence-corrected chi connectivity index (χ3v) is 5.17. The molecule has 0 radical (unpaired) electrons. The van der Waals surface area contributed by atoms with Crippen LogP contribution >= 0.6 is 0 Å². The fourth-order valence-electron chi connectivity index (χ4n) is 4.08. The number of Topliss-reactive ketones (excluding diaryl/α,β-unsaturated/α-hetero) is 1. The van der Waals surface area contributed by atoms with Gasteiger partial charge in [-0.15, -0.1) is 0 Å². The van der Waals surface area contributed by atoms with Crippen LogP contribution in [-0.2, 0) is 14.3 Å². The predicted octanol–water partition coefficient (Wildman–Crippen LogP) is 2.57. The normalized spacial score (nSPS) is 26.6. The molecule has 26 heavy (non-hydrogen) atoms. The van der Waals surface area contributed by atoms with Crippen molar-refractivity contribution in [1.29, 1.82) is 5.26 Å². The topological polar surface area (TPSA) is 82.4 Å². The van der Waals surface area contributed by atoms with Crippen LogP contribution in [0.3, 0.4) is 0 Å². The van der Waals surface area contributed by atoms with E-state index in [1.54, 1.807) is 13.1 Å². The molecule has 0 fully saturated rings. The molecule has 4 atom stereocenters. The summed E-state index contributed by atoms with van der Waals surface area (Å²) < 4.78 is 5.26. The van der Waals surface area contributed by atoms with Crippen LogP contribution in [0, 0.1) is 30.1 Å². The molecule has 6 nitrogen and oxygen atoms in total. The highest BCUT2D eigenvalue weighted by Crippen LogP contribution is 2.48. The molecular formula is C20H23N3O3. The van der Waals surface area contributed by atoms with E-state index in [0.717, 1.165) is 16.8 Å². The Morgan fingerprint density at radius 2 is 2.12 bits per heavy atom. The number of rotatable bonds is 3. The predicted molar refractivity (Wildman–Crippen MR) is 97.1 cm³/mol. The number of ketones is 1. The second-order valence-corrected chi connectivity index (χ2v) is 6.90. The van der Waals surface area contributed by atoms with Crippen LogP contribution in [0.5, 0.6) is 0 Å². The van der Waals surface area contributed by atoms with Gasteiger partial charge >= 0.3 is 5.97 Å². The van der Waals surface area contributed by atoms with Crippen LogP contribution in [0.4, 0.5) is 5.69 Å². The zero-order chi connectivity index (χ0) is 19.0. The van der Waals surface area contributed by atoms with Crippen molar-refractivity contribution < 1.29 is 14.3 Å². The molecule has 3 rings (SSSR count). The summed E-state index contributed by atoms with van der Waals surface area (Å²) in [5.74, 6) is -1.64. The summed E-state index contributed by atoms with van der Waals surface area (Å²) in [7, 11) is 1.88. The molecule has 0 unspecified atom stereocenters. The Balaban J connectivity index is 2.19. The number of anilines is 1. The van der Waals surface area contributed by atoms with E-state index >= 15 is 0 Å². The summed E-state index contributed by atoms with van der Waals surface area (Å²) in [6, 6.07) is 7.39. The van der Waals surface area contributed by atoms with Gasteiger partial charge in [-0.25, -0.2) is 4.79 Å². The number of nitrogens with one attached hydrogen (secondary N) is 1. The summed E-state index contributed by atoms with van der Waals surface area (Å²) in [5, 5.41) is 13.1. The molecule has 0 saturated carbocycles. The molecule has 1 N–H and O–H groups in total. The third-order valence-electron chi connectivity index (χ3n) is 5.17. The standard InChI is InChI=1S/C20H23N3O3/c1-5-26-20(25)18-17-14(9-21)15(12(3)24)10-23(4)19(17)13-8-11(2)6-7-16(13)22-18/h6-8,10,14,17-19,22H,5H2,1-4H3/t14-,17-,18+,19+/m0/s1. The lowest BCUT2D eigenvalue weighted by Gasteiger charge is -2.48. The number of carbonyl (C=O) groups excluding carboxylic acids is 2. The molecule has 2 aliphatic rings. The average Bonchev–Trinajstić information content (AvgIpc) is 2.60. The molecule has 1 aromatic carbocycles. The summed E-state index contributed by atoms with van der Waals surface area (Å²) in [5.41, 5.74) is 3.42. The van der Waals surface area contributed by atoms with Crippen molar-refractivity contribution in [1.82, 2.24) is 4.90 Å². The minimum absolute atomic E-state index is 0.153. The maximum absolute atomic E-state index is 12.7. The Morgan fingerprint density at radius 1 is 1.38 bits per heavy atom. The van der Waals surface area contributed by atoms with E-state index in [4.69, 9.17) is 4.74 Å². The number of hydrogen-bond donors (Lipinski definition) is 1. The lowest BCUT2D eigenvalue weighted by Crippen LogP contribution is -2.53. The van der Waals surface area contributed by atoms with Crippen LogP contribution in [-0.4, -0.2) is 36.3 Å². The zero-order valence-corrected chi connectivity index (χ0v) is 15.4. The smallest absolute Gasteiger partial charge is 0.328 e. The van der Waals surface area contributed by atoms with Gasteiger partial charge in [0.1, 0.15) is 6.04 Å². The number of esters is 1. The molecule has 0 aliphatic carbocycles. The van der Waals surface area contributed by atoms with Crippen LogP contribution in [0.2, 0.25) is 0 Å². The zero-order valence-electron chi connectivity index (χ0n) is 15.4. The van der Waals surface area contributed by atoms with Crippen molar-refractivity contribution in [3.8, 4) is 6.07 Å². The number of fused-ring (bicyclic) bond motifs is 3. The minimum atomic E-state index is -0.690. The van der Waals surface area contributed by atoms with E-state index < -0.39 is 23.8 Å². The lowest BCUT2D eigenvalue weighted by atomic mass is 9.69. The van der Waals surface area contributed by atoms with E-state index in [2.05, 4.69) is 17.5 Å². The molecule has 1 aromatic rings. The van der Waals surface area contributed by atoms with E-state index in [1.807, 2.05) is 31.0 Å². The lowest BCUT2D eigenvalue weighted by molar-refractivity contribution is -0.146. The molecule has 6 heteroatoms. The van der Waals surface area contributed by atoms with Crippen molar-refractivity contribution in [2.45, 2.75) is 32.9 Å². The van der Waals surface area contributed by atoms with Gasteiger partial charge in [0.15, 0.2) is 5.78 Å². The monoisotopic (exact) mass is 353 g/mol. The van der Waals surface area contributed by atoms with Crippen molar-refractivity contribution in [3.63, 3.8) is 0 Å². The van der Waals surface area contributed by atoms with Gasteiger partial charge in [0.2, 0.25) is 0 Å². The highest BCUT2D eigenvalue weighted by molar-refractivity contribution is 5.95. The number of allylic oxidation sites excluding steroid dienone is 1. The molecule has 2 heterocycles. The molecule has 0 aromatic heterocycles. The van der Waals surface area contributed by atoms with Crippen LogP contribution < -0.4 is 5.32 Å². The Labute approximate surface area is 153 Å². The third kappa shape index (κ3) is 2.84. The molecule has 0 spiro atoms. The largest absolute Gasteiger partial charge is 0.464 e. The SMILES string of the molecule is CCOC(=O)[C@@H]1Nc2ccc(C)cc2[C@@H]2[C@H]1[C@@H](C#N)C(C(C)=O)=CN2C. The second kappa shape index (κ2) is 6.83. The quantitative estimate of drug-likeness (QED) is 0.841. The van der Waals surface area contributed by atoms with Crippen molar-refractivity contribution >= 4 is 17.4 Å². The first-order valence-electron chi connectivity index (χ1n) is 8.77. The number of nitriles is 1. The van der Waals surface area contributed by atoms with Crippen LogP contribution in [0.25, 0.3) is 0 Å². The van der Waals surface area contributed by atoms with Gasteiger partial charge in [-0.1, -0.05) is 17.7 Å². The van der Waals surface area contributed by atoms with Crippen molar-refractivity contribution in [3.05, 3.63) is 41.1 Å². The maximum atomic E-state index is 12.7. The van der Waals surface area contributed by atoms with E-state index in [-0.39, 0.29) is 18.4 Å². The summed E-state index contributed by atoms with van der Waals surface area (Å²) >= 11 is 0. The van der Waals surface area contributed by atoms with E-state index in [9.17, 15) is 14.9 Å². The molecule has 0 bridgehead atoms. The summed E-state index contributed by atoms with van der Waals surface area (Å²) in [4.78, 5) is 26.7. The molecular weight excluding hydrogens is 330 g/mol. The highest BCUT2D eigenvalue weighted by Gasteiger charge is 2.50. The molecule has 2 aliphatic heterocycles. The highest BCUT2D eigenvalue weighted by atomic mass is 16.5. The Morgan fingerprint density at radius 3 is 2.73 bits per heavy atom. The Hall–Kier alpha value is -2.81. The Bertz CT molecular complexity index is 824. The van der Waals surface area contributed by atoms with E-state index in [0.29, 0.717) is 5.57 Å². The second-order valence-electron chi connectivity index (χ2n) is 6.90. The number of hydrogen-bond acceptors (Lipinski definition) is 6. The van der Waals surface area contributed by atoms with Crippen LogP contribution in [0.1, 0.15) is 31.0 Å². The van der Waals surface area contributed by atoms with Crippen molar-refractivity contribution in [2.75, 3.05) is 19.0 Å². The fraction of sp³-hybridized carbons (Fsp3) is 0.450. The number of carbonyl (C=O) groups is 2. The molecule has 0 saturated heterocycles. The summed E-state index contributed by atoms with van der Waals surface area (Å²) in [6.07, 6.45) is 1.75. The number of nitrogens with zero attached hydrogens (tertiary/aromatic N) is 2. The molecule has 136 valence electrons.